The lowest BCUT2D eigenvalue weighted by Crippen LogP contribution is -2.12. The largest absolute Gasteiger partial charge is 0.397 e. The Hall–Kier alpha value is -2.43. The number of anilines is 2. The molecule has 0 fully saturated rings. The first-order valence-corrected chi connectivity index (χ1v) is 12.7. The molecule has 1 atom stereocenters. The Labute approximate surface area is 190 Å². The number of nitrogens with one attached hydrogen (secondary N) is 1. The molecule has 3 aromatic heterocycles. The number of carbonyl (C=O) groups excluding carboxylic acids is 1. The van der Waals surface area contributed by atoms with Crippen LogP contribution in [0, 0.1) is 17.2 Å². The minimum atomic E-state index is -0.240. The van der Waals surface area contributed by atoms with E-state index in [1.54, 1.807) is 11.3 Å². The molecule has 0 saturated heterocycles. The normalized spacial score (nSPS) is 18.5. The van der Waals surface area contributed by atoms with E-state index in [9.17, 15) is 10.1 Å². The molecule has 3 heterocycles. The average Bonchev–Trinajstić information content (AvgIpc) is 3.24. The second kappa shape index (κ2) is 8.25. The van der Waals surface area contributed by atoms with E-state index in [0.29, 0.717) is 27.0 Å². The Morgan fingerprint density at radius 1 is 1.23 bits per heavy atom. The van der Waals surface area contributed by atoms with Crippen LogP contribution in [0.25, 0.3) is 10.2 Å². The summed E-state index contributed by atoms with van der Waals surface area (Å²) in [6.45, 7) is 2.24. The van der Waals surface area contributed by atoms with Crippen LogP contribution in [0.5, 0.6) is 0 Å². The van der Waals surface area contributed by atoms with Gasteiger partial charge in [-0.25, -0.2) is 4.98 Å². The number of nitrogen functional groups attached to an aromatic ring is 1. The van der Waals surface area contributed by atoms with Crippen molar-refractivity contribution in [1.82, 2.24) is 4.98 Å². The van der Waals surface area contributed by atoms with Crippen LogP contribution in [-0.4, -0.2) is 10.9 Å². The van der Waals surface area contributed by atoms with Crippen LogP contribution in [0.2, 0.25) is 0 Å². The lowest BCUT2D eigenvalue weighted by atomic mass is 9.89. The van der Waals surface area contributed by atoms with E-state index in [1.807, 2.05) is 0 Å². The van der Waals surface area contributed by atoms with Crippen molar-refractivity contribution in [1.29, 1.82) is 5.26 Å². The molecule has 0 aromatic carbocycles. The quantitative estimate of drug-likeness (QED) is 0.512. The predicted octanol–water partition coefficient (Wildman–Crippen LogP) is 5.85. The number of nitrogens with two attached hydrogens (primary N) is 1. The van der Waals surface area contributed by atoms with Gasteiger partial charge in [-0.1, -0.05) is 19.8 Å². The molecular weight excluding hydrogens is 424 g/mol. The summed E-state index contributed by atoms with van der Waals surface area (Å²) < 4.78 is 0. The van der Waals surface area contributed by atoms with Gasteiger partial charge in [0, 0.05) is 16.0 Å². The van der Waals surface area contributed by atoms with Gasteiger partial charge < -0.3 is 11.1 Å². The third kappa shape index (κ3) is 3.72. The number of aryl methyl sites for hydroxylation is 2. The van der Waals surface area contributed by atoms with Crippen LogP contribution in [0.3, 0.4) is 0 Å². The van der Waals surface area contributed by atoms with Gasteiger partial charge in [0.25, 0.3) is 5.91 Å². The second-order valence-electron chi connectivity index (χ2n) is 8.83. The fraction of sp³-hybridized carbons (Fsp3) is 0.458. The molecule has 31 heavy (non-hydrogen) atoms. The van der Waals surface area contributed by atoms with Crippen LogP contribution >= 0.6 is 22.7 Å². The number of hydrogen-bond acceptors (Lipinski definition) is 6. The predicted molar refractivity (Wildman–Crippen MR) is 128 cm³/mol. The SMILES string of the molecule is CC1CCc2c(sc(NC(=O)c3sc4nc5c(cc4c3N)CCCCCC5)c2C#N)C1. The van der Waals surface area contributed by atoms with Gasteiger partial charge in [0.15, 0.2) is 0 Å². The molecule has 0 spiro atoms. The Bertz CT molecular complexity index is 1220. The Morgan fingerprint density at radius 3 is 2.84 bits per heavy atom. The van der Waals surface area contributed by atoms with Crippen molar-refractivity contribution in [3.05, 3.63) is 38.2 Å². The lowest BCUT2D eigenvalue weighted by molar-refractivity contribution is 0.103. The molecule has 7 heteroatoms. The number of aromatic nitrogens is 1. The van der Waals surface area contributed by atoms with Crippen molar-refractivity contribution in [2.75, 3.05) is 11.1 Å². The number of amides is 1. The molecule has 5 nitrogen and oxygen atoms in total. The van der Waals surface area contributed by atoms with Crippen molar-refractivity contribution < 1.29 is 4.79 Å². The Morgan fingerprint density at radius 2 is 2.03 bits per heavy atom. The molecule has 160 valence electrons. The van der Waals surface area contributed by atoms with Crippen molar-refractivity contribution in [2.24, 2.45) is 5.92 Å². The first-order valence-electron chi connectivity index (χ1n) is 11.1. The molecule has 0 bridgehead atoms. The van der Waals surface area contributed by atoms with Crippen molar-refractivity contribution >= 4 is 49.5 Å². The summed E-state index contributed by atoms with van der Waals surface area (Å²) in [4.78, 5) is 20.6. The molecular formula is C24H26N4OS2. The summed E-state index contributed by atoms with van der Waals surface area (Å²) in [6, 6.07) is 4.47. The molecule has 0 aliphatic heterocycles. The van der Waals surface area contributed by atoms with Crippen LogP contribution in [-0.2, 0) is 25.7 Å². The first kappa shape index (κ1) is 20.5. The topological polar surface area (TPSA) is 91.8 Å². The van der Waals surface area contributed by atoms with Gasteiger partial charge in [0.05, 0.1) is 11.3 Å². The third-order valence-corrected chi connectivity index (χ3v) is 8.84. The van der Waals surface area contributed by atoms with Gasteiger partial charge in [-0.2, -0.15) is 5.26 Å². The highest BCUT2D eigenvalue weighted by Gasteiger charge is 2.26. The van der Waals surface area contributed by atoms with Gasteiger partial charge in [-0.3, -0.25) is 4.79 Å². The number of carbonyl (C=O) groups is 1. The highest BCUT2D eigenvalue weighted by atomic mass is 32.1. The van der Waals surface area contributed by atoms with E-state index in [2.05, 4.69) is 24.4 Å². The van der Waals surface area contributed by atoms with Crippen molar-refractivity contribution in [3.8, 4) is 6.07 Å². The fourth-order valence-corrected chi connectivity index (χ4v) is 7.15. The third-order valence-electron chi connectivity index (χ3n) is 6.56. The van der Waals surface area contributed by atoms with Crippen LogP contribution in [0.1, 0.15) is 76.0 Å². The standard InChI is InChI=1S/C24H26N4OS2/c1-13-8-9-15-17(12-25)24(30-19(15)10-13)28-22(29)21-20(26)16-11-14-6-4-2-3-5-7-18(14)27-23(16)31-21/h11,13H,2-10,26H2,1H3,(H,28,29). The van der Waals surface area contributed by atoms with Crippen LogP contribution in [0.15, 0.2) is 6.07 Å². The molecule has 1 amide bonds. The molecule has 2 aliphatic carbocycles. The van der Waals surface area contributed by atoms with Crippen molar-refractivity contribution in [2.45, 2.75) is 64.7 Å². The number of nitriles is 1. The number of pyridine rings is 1. The zero-order valence-corrected chi connectivity index (χ0v) is 19.3. The van der Waals surface area contributed by atoms with Gasteiger partial charge in [0.1, 0.15) is 20.8 Å². The molecule has 3 aromatic rings. The number of fused-ring (bicyclic) bond motifs is 3. The minimum absolute atomic E-state index is 0.240. The summed E-state index contributed by atoms with van der Waals surface area (Å²) in [5, 5.41) is 14.3. The van der Waals surface area contributed by atoms with Gasteiger partial charge in [-0.05, 0) is 68.1 Å². The molecule has 1 unspecified atom stereocenters. The maximum Gasteiger partial charge on any atom is 0.268 e. The van der Waals surface area contributed by atoms with Crippen LogP contribution < -0.4 is 11.1 Å². The smallest absolute Gasteiger partial charge is 0.268 e. The van der Waals surface area contributed by atoms with E-state index < -0.39 is 0 Å². The maximum atomic E-state index is 13.2. The molecule has 0 saturated carbocycles. The number of thiophene rings is 2. The summed E-state index contributed by atoms with van der Waals surface area (Å²) >= 11 is 2.90. The van der Waals surface area contributed by atoms with E-state index >= 15 is 0 Å². The highest BCUT2D eigenvalue weighted by Crippen LogP contribution is 2.40. The van der Waals surface area contributed by atoms with E-state index in [0.717, 1.165) is 60.0 Å². The van der Waals surface area contributed by atoms with E-state index in [-0.39, 0.29) is 5.91 Å². The number of nitrogens with zero attached hydrogens (tertiary/aromatic N) is 2. The number of rotatable bonds is 2. The Kier molecular flexibility index (Phi) is 5.45. The summed E-state index contributed by atoms with van der Waals surface area (Å²) in [6.07, 6.45) is 9.85. The summed E-state index contributed by atoms with van der Waals surface area (Å²) in [5.41, 5.74) is 11.1. The van der Waals surface area contributed by atoms with Gasteiger partial charge in [-0.15, -0.1) is 22.7 Å². The Balaban J connectivity index is 1.48. The van der Waals surface area contributed by atoms with Crippen LogP contribution in [0.4, 0.5) is 10.7 Å². The van der Waals surface area contributed by atoms with Gasteiger partial charge in [0.2, 0.25) is 0 Å². The monoisotopic (exact) mass is 450 g/mol. The second-order valence-corrected chi connectivity index (χ2v) is 10.9. The van der Waals surface area contributed by atoms with E-state index in [4.69, 9.17) is 10.7 Å². The molecule has 5 rings (SSSR count). The summed E-state index contributed by atoms with van der Waals surface area (Å²) in [7, 11) is 0. The zero-order valence-electron chi connectivity index (χ0n) is 17.7. The summed E-state index contributed by atoms with van der Waals surface area (Å²) in [5.74, 6) is 0.376. The zero-order chi connectivity index (χ0) is 21.5. The van der Waals surface area contributed by atoms with E-state index in [1.165, 1.54) is 41.0 Å². The van der Waals surface area contributed by atoms with Gasteiger partial charge >= 0.3 is 0 Å². The minimum Gasteiger partial charge on any atom is -0.397 e. The lowest BCUT2D eigenvalue weighted by Gasteiger charge is -2.17. The van der Waals surface area contributed by atoms with Crippen molar-refractivity contribution in [3.63, 3.8) is 0 Å². The molecule has 3 N–H and O–H groups in total. The molecule has 2 aliphatic rings. The number of hydrogen-bond donors (Lipinski definition) is 2. The fourth-order valence-electron chi connectivity index (χ4n) is 4.80. The maximum absolute atomic E-state index is 13.2. The molecule has 0 radical (unpaired) electrons. The first-order chi connectivity index (χ1) is 15.0. The highest BCUT2D eigenvalue weighted by molar-refractivity contribution is 7.21. The average molecular weight is 451 g/mol.